The van der Waals surface area contributed by atoms with Gasteiger partial charge in [0.25, 0.3) is 0 Å². The average molecular weight is 248 g/mol. The average Bonchev–Trinajstić information content (AvgIpc) is 2.79. The van der Waals surface area contributed by atoms with Gasteiger partial charge in [0, 0.05) is 13.2 Å². The number of aliphatic hydroxyl groups excluding tert-OH is 1. The first-order chi connectivity index (χ1) is 8.65. The molecule has 2 aromatic heterocycles. The molecule has 2 rings (SSSR count). The Balaban J connectivity index is 2.42. The lowest BCUT2D eigenvalue weighted by Gasteiger charge is -2.31. The smallest absolute Gasteiger partial charge is 0.154 e. The van der Waals surface area contributed by atoms with Crippen LogP contribution in [0.15, 0.2) is 18.6 Å². The number of hydrogen-bond donors (Lipinski definition) is 2. The molecule has 0 radical (unpaired) electrons. The summed E-state index contributed by atoms with van der Waals surface area (Å²) in [6, 6.07) is 1.94. The summed E-state index contributed by atoms with van der Waals surface area (Å²) >= 11 is 0. The molecule has 0 unspecified atom stereocenters. The molecule has 0 saturated carbocycles. The molecule has 18 heavy (non-hydrogen) atoms. The van der Waals surface area contributed by atoms with E-state index >= 15 is 0 Å². The Morgan fingerprint density at radius 1 is 1.33 bits per heavy atom. The molecule has 0 saturated heterocycles. The van der Waals surface area contributed by atoms with E-state index in [1.54, 1.807) is 12.5 Å². The van der Waals surface area contributed by atoms with E-state index in [4.69, 9.17) is 0 Å². The van der Waals surface area contributed by atoms with Gasteiger partial charge in [-0.2, -0.15) is 0 Å². The first kappa shape index (κ1) is 12.8. The summed E-state index contributed by atoms with van der Waals surface area (Å²) in [7, 11) is 1.96. The zero-order chi connectivity index (χ0) is 13.2. The number of fused-ring (bicyclic) bond motifs is 1. The maximum absolute atomic E-state index is 9.60. The summed E-state index contributed by atoms with van der Waals surface area (Å²) < 4.78 is 1.96. The van der Waals surface area contributed by atoms with Gasteiger partial charge in [0.1, 0.15) is 5.52 Å². The molecule has 0 spiro atoms. The van der Waals surface area contributed by atoms with E-state index in [9.17, 15) is 5.11 Å². The minimum atomic E-state index is -0.321. The van der Waals surface area contributed by atoms with Crippen LogP contribution in [0.1, 0.15) is 26.7 Å². The van der Waals surface area contributed by atoms with Crippen molar-refractivity contribution >= 4 is 16.9 Å². The van der Waals surface area contributed by atoms with Crippen molar-refractivity contribution in [3.8, 4) is 0 Å². The van der Waals surface area contributed by atoms with Gasteiger partial charge in [-0.25, -0.2) is 9.97 Å². The number of nitrogens with zero attached hydrogens (tertiary/aromatic N) is 3. The molecule has 2 heterocycles. The molecule has 0 fully saturated rings. The number of nitrogens with one attached hydrogen (secondary N) is 1. The molecule has 2 N–H and O–H groups in total. The third kappa shape index (κ3) is 2.06. The molecule has 5 heteroatoms. The van der Waals surface area contributed by atoms with E-state index in [1.807, 2.05) is 17.7 Å². The summed E-state index contributed by atoms with van der Waals surface area (Å²) in [5, 5.41) is 13.0. The Labute approximate surface area is 107 Å². The van der Waals surface area contributed by atoms with Gasteiger partial charge >= 0.3 is 0 Å². The quantitative estimate of drug-likeness (QED) is 0.848. The Hall–Kier alpha value is -1.62. The van der Waals surface area contributed by atoms with Crippen LogP contribution in [-0.2, 0) is 7.05 Å². The minimum absolute atomic E-state index is 0.0882. The monoisotopic (exact) mass is 248 g/mol. The molecule has 0 aliphatic carbocycles. The maximum Gasteiger partial charge on any atom is 0.154 e. The fourth-order valence-corrected chi connectivity index (χ4v) is 2.09. The highest BCUT2D eigenvalue weighted by Gasteiger charge is 2.26. The van der Waals surface area contributed by atoms with Crippen molar-refractivity contribution < 1.29 is 5.11 Å². The van der Waals surface area contributed by atoms with E-state index in [0.717, 1.165) is 29.7 Å². The number of imidazole rings is 1. The zero-order valence-corrected chi connectivity index (χ0v) is 11.1. The molecule has 0 bridgehead atoms. The third-order valence-corrected chi connectivity index (χ3v) is 3.68. The SMILES string of the molecule is CCC(CC)(CO)Nc1nccc2c1ncn2C. The Bertz CT molecular complexity index is 523. The minimum Gasteiger partial charge on any atom is -0.394 e. The van der Waals surface area contributed by atoms with Gasteiger partial charge in [0.2, 0.25) is 0 Å². The molecular formula is C13H20N4O. The largest absolute Gasteiger partial charge is 0.394 e. The molecule has 0 amide bonds. The first-order valence-electron chi connectivity index (χ1n) is 6.31. The second-order valence-corrected chi connectivity index (χ2v) is 4.65. The number of aryl methyl sites for hydroxylation is 1. The maximum atomic E-state index is 9.60. The van der Waals surface area contributed by atoms with Crippen molar-refractivity contribution in [3.63, 3.8) is 0 Å². The summed E-state index contributed by atoms with van der Waals surface area (Å²) in [6.07, 6.45) is 5.21. The normalized spacial score (nSPS) is 12.0. The van der Waals surface area contributed by atoms with E-state index in [0.29, 0.717) is 0 Å². The van der Waals surface area contributed by atoms with Gasteiger partial charge in [0.05, 0.1) is 24.0 Å². The van der Waals surface area contributed by atoms with Crippen LogP contribution in [-0.4, -0.2) is 31.8 Å². The highest BCUT2D eigenvalue weighted by molar-refractivity contribution is 5.86. The lowest BCUT2D eigenvalue weighted by Crippen LogP contribution is -2.41. The van der Waals surface area contributed by atoms with Crippen molar-refractivity contribution in [1.29, 1.82) is 0 Å². The molecule has 5 nitrogen and oxygen atoms in total. The van der Waals surface area contributed by atoms with E-state index in [-0.39, 0.29) is 12.1 Å². The molecule has 0 aromatic carbocycles. The van der Waals surface area contributed by atoms with Crippen molar-refractivity contribution in [3.05, 3.63) is 18.6 Å². The summed E-state index contributed by atoms with van der Waals surface area (Å²) in [5.41, 5.74) is 1.56. The number of rotatable bonds is 5. The van der Waals surface area contributed by atoms with E-state index in [1.165, 1.54) is 0 Å². The number of pyridine rings is 1. The Morgan fingerprint density at radius 2 is 2.06 bits per heavy atom. The second-order valence-electron chi connectivity index (χ2n) is 4.65. The zero-order valence-electron chi connectivity index (χ0n) is 11.1. The van der Waals surface area contributed by atoms with Crippen molar-refractivity contribution in [2.75, 3.05) is 11.9 Å². The molecule has 0 aliphatic heterocycles. The third-order valence-electron chi connectivity index (χ3n) is 3.68. The second kappa shape index (κ2) is 4.94. The predicted octanol–water partition coefficient (Wildman–Crippen LogP) is 1.93. The van der Waals surface area contributed by atoms with Gasteiger partial charge in [-0.05, 0) is 18.9 Å². The van der Waals surface area contributed by atoms with Crippen LogP contribution in [0.4, 0.5) is 5.82 Å². The standard InChI is InChI=1S/C13H20N4O/c1-4-13(5-2,8-18)16-12-11-10(6-7-14-12)17(3)9-15-11/h6-7,9,18H,4-5,8H2,1-3H3,(H,14,16). The van der Waals surface area contributed by atoms with E-state index < -0.39 is 0 Å². The van der Waals surface area contributed by atoms with Crippen LogP contribution >= 0.6 is 0 Å². The number of anilines is 1. The van der Waals surface area contributed by atoms with Gasteiger partial charge in [-0.1, -0.05) is 13.8 Å². The topological polar surface area (TPSA) is 63.0 Å². The van der Waals surface area contributed by atoms with Gasteiger partial charge < -0.3 is 15.0 Å². The van der Waals surface area contributed by atoms with Crippen LogP contribution in [0.5, 0.6) is 0 Å². The highest BCUT2D eigenvalue weighted by Crippen LogP contribution is 2.25. The summed E-state index contributed by atoms with van der Waals surface area (Å²) in [4.78, 5) is 8.71. The fourth-order valence-electron chi connectivity index (χ4n) is 2.09. The molecule has 0 aliphatic rings. The van der Waals surface area contributed by atoms with Gasteiger partial charge in [-0.15, -0.1) is 0 Å². The summed E-state index contributed by atoms with van der Waals surface area (Å²) in [6.45, 7) is 4.21. The predicted molar refractivity (Wildman–Crippen MR) is 72.5 cm³/mol. The summed E-state index contributed by atoms with van der Waals surface area (Å²) in [5.74, 6) is 0.742. The molecule has 0 atom stereocenters. The fraction of sp³-hybridized carbons (Fsp3) is 0.538. The number of hydrogen-bond acceptors (Lipinski definition) is 4. The lowest BCUT2D eigenvalue weighted by atomic mass is 9.94. The van der Waals surface area contributed by atoms with Crippen molar-refractivity contribution in [1.82, 2.24) is 14.5 Å². The van der Waals surface area contributed by atoms with E-state index in [2.05, 4.69) is 29.1 Å². The molecule has 2 aromatic rings. The van der Waals surface area contributed by atoms with Crippen LogP contribution in [0, 0.1) is 0 Å². The Kier molecular flexibility index (Phi) is 3.52. The molecule has 98 valence electrons. The van der Waals surface area contributed by atoms with Crippen LogP contribution in [0.2, 0.25) is 0 Å². The van der Waals surface area contributed by atoms with Crippen LogP contribution < -0.4 is 5.32 Å². The van der Waals surface area contributed by atoms with Gasteiger partial charge in [-0.3, -0.25) is 0 Å². The van der Waals surface area contributed by atoms with Crippen molar-refractivity contribution in [2.24, 2.45) is 7.05 Å². The number of aromatic nitrogens is 3. The molecular weight excluding hydrogens is 228 g/mol. The number of aliphatic hydroxyl groups is 1. The highest BCUT2D eigenvalue weighted by atomic mass is 16.3. The lowest BCUT2D eigenvalue weighted by molar-refractivity contribution is 0.202. The van der Waals surface area contributed by atoms with Crippen LogP contribution in [0.25, 0.3) is 11.0 Å². The van der Waals surface area contributed by atoms with Gasteiger partial charge in [0.15, 0.2) is 5.82 Å². The van der Waals surface area contributed by atoms with Crippen molar-refractivity contribution in [2.45, 2.75) is 32.2 Å². The first-order valence-corrected chi connectivity index (χ1v) is 6.31. The van der Waals surface area contributed by atoms with Crippen LogP contribution in [0.3, 0.4) is 0 Å². The Morgan fingerprint density at radius 3 is 2.67 bits per heavy atom.